The molecule has 0 radical (unpaired) electrons. The monoisotopic (exact) mass is 280 g/mol. The molecule has 0 bridgehead atoms. The standard InChI is InChI=1S/C14H20N2O2S/c1-3-9-19(17,18)16(4-2)11-12-5-6-14-13(10-12)7-8-15-14/h5-8,10,15H,3-4,9,11H2,1-2H3. The van der Waals surface area contributed by atoms with Crippen molar-refractivity contribution in [1.82, 2.24) is 9.29 Å². The Labute approximate surface area is 114 Å². The summed E-state index contributed by atoms with van der Waals surface area (Å²) in [5, 5.41) is 1.11. The van der Waals surface area contributed by atoms with Crippen molar-refractivity contribution in [2.75, 3.05) is 12.3 Å². The zero-order valence-corrected chi connectivity index (χ0v) is 12.2. The minimum Gasteiger partial charge on any atom is -0.361 e. The van der Waals surface area contributed by atoms with Crippen molar-refractivity contribution < 1.29 is 8.42 Å². The van der Waals surface area contributed by atoms with Crippen LogP contribution in [0, 0.1) is 0 Å². The molecule has 2 aromatic rings. The molecule has 0 unspecified atom stereocenters. The molecule has 0 amide bonds. The summed E-state index contributed by atoms with van der Waals surface area (Å²) >= 11 is 0. The van der Waals surface area contributed by atoms with Crippen LogP contribution >= 0.6 is 0 Å². The second kappa shape index (κ2) is 5.75. The van der Waals surface area contributed by atoms with Crippen molar-refractivity contribution in [3.63, 3.8) is 0 Å². The lowest BCUT2D eigenvalue weighted by Gasteiger charge is -2.20. The highest BCUT2D eigenvalue weighted by Gasteiger charge is 2.19. The molecular weight excluding hydrogens is 260 g/mol. The minimum atomic E-state index is -3.14. The summed E-state index contributed by atoms with van der Waals surface area (Å²) < 4.78 is 25.7. The van der Waals surface area contributed by atoms with E-state index < -0.39 is 10.0 Å². The van der Waals surface area contributed by atoms with Gasteiger partial charge in [0.2, 0.25) is 10.0 Å². The van der Waals surface area contributed by atoms with Crippen LogP contribution < -0.4 is 0 Å². The first kappa shape index (κ1) is 14.1. The number of nitrogens with zero attached hydrogens (tertiary/aromatic N) is 1. The van der Waals surface area contributed by atoms with E-state index in [2.05, 4.69) is 4.98 Å². The first-order chi connectivity index (χ1) is 9.06. The van der Waals surface area contributed by atoms with Crippen molar-refractivity contribution in [3.05, 3.63) is 36.0 Å². The third kappa shape index (κ3) is 3.16. The molecule has 1 aromatic heterocycles. The lowest BCUT2D eigenvalue weighted by Crippen LogP contribution is -2.32. The van der Waals surface area contributed by atoms with E-state index in [1.54, 1.807) is 4.31 Å². The number of rotatable bonds is 6. The van der Waals surface area contributed by atoms with Gasteiger partial charge in [-0.3, -0.25) is 0 Å². The quantitative estimate of drug-likeness (QED) is 0.884. The fourth-order valence-electron chi connectivity index (χ4n) is 2.20. The number of H-pyrrole nitrogens is 1. The summed E-state index contributed by atoms with van der Waals surface area (Å²) in [6.07, 6.45) is 2.54. The van der Waals surface area contributed by atoms with Crippen molar-refractivity contribution in [1.29, 1.82) is 0 Å². The van der Waals surface area contributed by atoms with E-state index in [0.717, 1.165) is 16.5 Å². The van der Waals surface area contributed by atoms with Crippen LogP contribution in [-0.4, -0.2) is 30.0 Å². The summed E-state index contributed by atoms with van der Waals surface area (Å²) in [4.78, 5) is 3.13. The first-order valence-corrected chi connectivity index (χ1v) is 8.21. The number of hydrogen-bond acceptors (Lipinski definition) is 2. The van der Waals surface area contributed by atoms with Crippen LogP contribution in [0.3, 0.4) is 0 Å². The summed E-state index contributed by atoms with van der Waals surface area (Å²) in [6, 6.07) is 8.00. The van der Waals surface area contributed by atoms with Gasteiger partial charge >= 0.3 is 0 Å². The molecule has 0 spiro atoms. The van der Waals surface area contributed by atoms with E-state index in [0.29, 0.717) is 19.5 Å². The summed E-state index contributed by atoms with van der Waals surface area (Å²) in [5.41, 5.74) is 2.09. The van der Waals surface area contributed by atoms with Gasteiger partial charge < -0.3 is 4.98 Å². The van der Waals surface area contributed by atoms with Crippen molar-refractivity contribution in [2.24, 2.45) is 0 Å². The average molecular weight is 280 g/mol. The summed E-state index contributed by atoms with van der Waals surface area (Å²) in [6.45, 7) is 4.72. The average Bonchev–Trinajstić information content (AvgIpc) is 2.82. The number of aromatic nitrogens is 1. The van der Waals surface area contributed by atoms with Crippen LogP contribution in [0.4, 0.5) is 0 Å². The van der Waals surface area contributed by atoms with Gasteiger partial charge in [0.1, 0.15) is 0 Å². The molecule has 0 saturated heterocycles. The fourth-order valence-corrected chi connectivity index (χ4v) is 3.71. The van der Waals surface area contributed by atoms with E-state index >= 15 is 0 Å². The second-order valence-corrected chi connectivity index (χ2v) is 6.73. The SMILES string of the molecule is CCCS(=O)(=O)N(CC)Cc1ccc2[nH]ccc2c1. The van der Waals surface area contributed by atoms with Crippen LogP contribution in [0.5, 0.6) is 0 Å². The van der Waals surface area contributed by atoms with Crippen LogP contribution in [0.15, 0.2) is 30.5 Å². The summed E-state index contributed by atoms with van der Waals surface area (Å²) in [7, 11) is -3.14. The predicted molar refractivity (Wildman–Crippen MR) is 78.5 cm³/mol. The maximum Gasteiger partial charge on any atom is 0.214 e. The molecule has 5 heteroatoms. The fraction of sp³-hybridized carbons (Fsp3) is 0.429. The molecule has 1 N–H and O–H groups in total. The van der Waals surface area contributed by atoms with Gasteiger partial charge in [0.25, 0.3) is 0 Å². The number of sulfonamides is 1. The summed E-state index contributed by atoms with van der Waals surface area (Å²) in [5.74, 6) is 0.216. The molecule has 0 aliphatic heterocycles. The van der Waals surface area contributed by atoms with Gasteiger partial charge in [-0.05, 0) is 35.6 Å². The molecule has 0 fully saturated rings. The van der Waals surface area contributed by atoms with Crippen molar-refractivity contribution in [2.45, 2.75) is 26.8 Å². The van der Waals surface area contributed by atoms with Gasteiger partial charge in [0.15, 0.2) is 0 Å². The Kier molecular flexibility index (Phi) is 4.27. The zero-order chi connectivity index (χ0) is 13.9. The highest BCUT2D eigenvalue weighted by atomic mass is 32.2. The first-order valence-electron chi connectivity index (χ1n) is 6.60. The number of nitrogens with one attached hydrogen (secondary N) is 1. The molecule has 1 heterocycles. The smallest absolute Gasteiger partial charge is 0.214 e. The predicted octanol–water partition coefficient (Wildman–Crippen LogP) is 2.73. The Morgan fingerprint density at radius 1 is 1.21 bits per heavy atom. The third-order valence-electron chi connectivity index (χ3n) is 3.18. The largest absolute Gasteiger partial charge is 0.361 e. The maximum absolute atomic E-state index is 12.1. The lowest BCUT2D eigenvalue weighted by molar-refractivity contribution is 0.423. The van der Waals surface area contributed by atoms with E-state index in [1.165, 1.54) is 0 Å². The molecule has 0 aliphatic carbocycles. The molecule has 104 valence electrons. The molecule has 2 rings (SSSR count). The molecular formula is C14H20N2O2S. The van der Waals surface area contributed by atoms with Gasteiger partial charge in [0, 0.05) is 24.8 Å². The van der Waals surface area contributed by atoms with Gasteiger partial charge in [-0.2, -0.15) is 4.31 Å². The van der Waals surface area contributed by atoms with Crippen molar-refractivity contribution in [3.8, 4) is 0 Å². The van der Waals surface area contributed by atoms with Gasteiger partial charge in [-0.15, -0.1) is 0 Å². The van der Waals surface area contributed by atoms with Crippen molar-refractivity contribution >= 4 is 20.9 Å². The Bertz CT molecular complexity index is 646. The van der Waals surface area contributed by atoms with Crippen LogP contribution in [0.1, 0.15) is 25.8 Å². The Morgan fingerprint density at radius 3 is 2.68 bits per heavy atom. The lowest BCUT2D eigenvalue weighted by atomic mass is 10.1. The third-order valence-corrected chi connectivity index (χ3v) is 5.28. The van der Waals surface area contributed by atoms with E-state index in [1.807, 2.05) is 44.3 Å². The van der Waals surface area contributed by atoms with E-state index in [9.17, 15) is 8.42 Å². The molecule has 0 saturated carbocycles. The number of benzene rings is 1. The maximum atomic E-state index is 12.1. The van der Waals surface area contributed by atoms with Gasteiger partial charge in [0.05, 0.1) is 5.75 Å². The molecule has 4 nitrogen and oxygen atoms in total. The van der Waals surface area contributed by atoms with Crippen LogP contribution in [0.25, 0.3) is 10.9 Å². The molecule has 0 aliphatic rings. The van der Waals surface area contributed by atoms with Gasteiger partial charge in [-0.1, -0.05) is 19.9 Å². The second-order valence-electron chi connectivity index (χ2n) is 4.64. The molecule has 0 atom stereocenters. The number of aromatic amines is 1. The van der Waals surface area contributed by atoms with E-state index in [-0.39, 0.29) is 5.75 Å². The Balaban J connectivity index is 2.22. The number of hydrogen-bond donors (Lipinski definition) is 1. The Morgan fingerprint density at radius 2 is 2.00 bits per heavy atom. The molecule has 19 heavy (non-hydrogen) atoms. The highest BCUT2D eigenvalue weighted by molar-refractivity contribution is 7.89. The van der Waals surface area contributed by atoms with E-state index in [4.69, 9.17) is 0 Å². The zero-order valence-electron chi connectivity index (χ0n) is 11.4. The Hall–Kier alpha value is -1.33. The normalized spacial score (nSPS) is 12.4. The highest BCUT2D eigenvalue weighted by Crippen LogP contribution is 2.17. The van der Waals surface area contributed by atoms with Crippen LogP contribution in [-0.2, 0) is 16.6 Å². The minimum absolute atomic E-state index is 0.216. The van der Waals surface area contributed by atoms with Gasteiger partial charge in [-0.25, -0.2) is 8.42 Å². The molecule has 1 aromatic carbocycles. The number of fused-ring (bicyclic) bond motifs is 1. The topological polar surface area (TPSA) is 53.2 Å². The van der Waals surface area contributed by atoms with Crippen LogP contribution in [0.2, 0.25) is 0 Å².